The molecule has 2 fully saturated rings. The highest BCUT2D eigenvalue weighted by Gasteiger charge is 2.50. The summed E-state index contributed by atoms with van der Waals surface area (Å²) < 4.78 is 61.8. The number of fused-ring (bicyclic) bond motifs is 2. The van der Waals surface area contributed by atoms with Crippen LogP contribution >= 0.6 is 34.8 Å². The van der Waals surface area contributed by atoms with Gasteiger partial charge >= 0.3 is 6.09 Å². The van der Waals surface area contributed by atoms with Crippen molar-refractivity contribution < 1.29 is 41.7 Å². The monoisotopic (exact) mass is 823 g/mol. The Balaban J connectivity index is 1.31. The molecular formula is C40H43Cl3F3N3O6. The van der Waals surface area contributed by atoms with Crippen molar-refractivity contribution in [3.05, 3.63) is 94.3 Å². The summed E-state index contributed by atoms with van der Waals surface area (Å²) in [5, 5.41) is 3.40. The lowest BCUT2D eigenvalue weighted by atomic mass is 9.81. The Morgan fingerprint density at radius 2 is 1.56 bits per heavy atom. The largest absolute Gasteiger partial charge is 0.497 e. The number of methoxy groups -OCH3 is 2. The number of hydrogen-bond donors (Lipinski definition) is 1. The molecule has 1 saturated heterocycles. The zero-order valence-electron chi connectivity index (χ0n) is 30.9. The molecule has 1 saturated carbocycles. The number of hydrogen-bond acceptors (Lipinski definition) is 7. The van der Waals surface area contributed by atoms with E-state index in [9.17, 15) is 18.0 Å². The molecule has 0 radical (unpaired) electrons. The molecule has 15 heteroatoms. The molecule has 296 valence electrons. The molecule has 1 aliphatic carbocycles. The van der Waals surface area contributed by atoms with Crippen LogP contribution in [-0.2, 0) is 22.5 Å². The molecule has 55 heavy (non-hydrogen) atoms. The second-order valence-corrected chi connectivity index (χ2v) is 16.7. The maximum atomic E-state index is 15.1. The maximum Gasteiger partial charge on any atom is 0.411 e. The molecule has 3 aromatic carbocycles. The van der Waals surface area contributed by atoms with Gasteiger partial charge in [0.2, 0.25) is 9.61 Å². The van der Waals surface area contributed by atoms with Crippen molar-refractivity contribution in [1.82, 2.24) is 15.1 Å². The van der Waals surface area contributed by atoms with Gasteiger partial charge in [0.1, 0.15) is 11.5 Å². The summed E-state index contributed by atoms with van der Waals surface area (Å²) in [4.78, 5) is 32.5. The highest BCUT2D eigenvalue weighted by Crippen LogP contribution is 2.44. The lowest BCUT2D eigenvalue weighted by molar-refractivity contribution is -0.129. The first-order valence-electron chi connectivity index (χ1n) is 18.0. The number of amides is 2. The summed E-state index contributed by atoms with van der Waals surface area (Å²) >= 11 is 18.6. The standard InChI is InChI=1S/C40H43Cl3F3N3O6/c1-39(2,40(41,42)43)55-38(51)49-27-18-30(25-9-7-23(8-10-25)6-5-15-54-36-32(45)14-13-31(44)35(36)46)34(33(49)21-47-20-27)37(50)48(26-11-12-26)22-24-16-28(52-3)19-29(17-24)53-4/h7-10,13-14,16-17,19,26-27,33,47H,5-6,11-12,15,18,20-22H2,1-4H3/t27?,33-/m1/s1. The van der Waals surface area contributed by atoms with Crippen LogP contribution in [0.2, 0.25) is 0 Å². The van der Waals surface area contributed by atoms with Crippen molar-refractivity contribution >= 4 is 52.4 Å². The van der Waals surface area contributed by atoms with Crippen LogP contribution in [0.5, 0.6) is 17.2 Å². The third-order valence-corrected chi connectivity index (χ3v) is 11.5. The van der Waals surface area contributed by atoms with Gasteiger partial charge in [0.25, 0.3) is 5.91 Å². The Kier molecular flexibility index (Phi) is 12.4. The number of carbonyl (C=O) groups is 2. The van der Waals surface area contributed by atoms with Crippen molar-refractivity contribution in [1.29, 1.82) is 0 Å². The van der Waals surface area contributed by atoms with Crippen LogP contribution in [-0.4, -0.2) is 83.2 Å². The summed E-state index contributed by atoms with van der Waals surface area (Å²) in [7, 11) is 3.14. The van der Waals surface area contributed by atoms with Gasteiger partial charge in [-0.2, -0.15) is 4.39 Å². The first-order chi connectivity index (χ1) is 26.1. The molecule has 2 amide bonds. The average Bonchev–Trinajstić information content (AvgIpc) is 3.99. The van der Waals surface area contributed by atoms with Gasteiger partial charge in [-0.15, -0.1) is 0 Å². The zero-order chi connectivity index (χ0) is 39.7. The van der Waals surface area contributed by atoms with E-state index >= 15 is 4.79 Å². The van der Waals surface area contributed by atoms with Crippen LogP contribution in [0.4, 0.5) is 18.0 Å². The van der Waals surface area contributed by atoms with E-state index in [2.05, 4.69) is 5.32 Å². The molecule has 0 aromatic heterocycles. The lowest BCUT2D eigenvalue weighted by Crippen LogP contribution is -2.64. The zero-order valence-corrected chi connectivity index (χ0v) is 33.2. The minimum absolute atomic E-state index is 0.00432. The molecule has 9 nitrogen and oxygen atoms in total. The minimum atomic E-state index is -1.91. The fourth-order valence-corrected chi connectivity index (χ4v) is 7.09. The molecule has 1 unspecified atom stereocenters. The summed E-state index contributed by atoms with van der Waals surface area (Å²) in [6.07, 6.45) is 2.24. The van der Waals surface area contributed by atoms with Crippen LogP contribution < -0.4 is 19.5 Å². The Morgan fingerprint density at radius 3 is 2.18 bits per heavy atom. The van der Waals surface area contributed by atoms with Gasteiger partial charge in [-0.25, -0.2) is 13.6 Å². The topological polar surface area (TPSA) is 89.6 Å². The first kappa shape index (κ1) is 40.8. The predicted molar refractivity (Wildman–Crippen MR) is 204 cm³/mol. The summed E-state index contributed by atoms with van der Waals surface area (Å²) in [6.45, 7) is 4.03. The van der Waals surface area contributed by atoms with Crippen LogP contribution in [0, 0.1) is 17.5 Å². The fourth-order valence-electron chi connectivity index (χ4n) is 6.97. The fraction of sp³-hybridized carbons (Fsp3) is 0.450. The molecule has 1 N–H and O–H groups in total. The van der Waals surface area contributed by atoms with Gasteiger partial charge in [0.05, 0.1) is 32.9 Å². The molecule has 2 heterocycles. The van der Waals surface area contributed by atoms with Crippen molar-refractivity contribution in [3.63, 3.8) is 0 Å². The lowest BCUT2D eigenvalue weighted by Gasteiger charge is -2.48. The van der Waals surface area contributed by atoms with E-state index in [1.165, 1.54) is 13.8 Å². The maximum absolute atomic E-state index is 15.1. The first-order valence-corrected chi connectivity index (χ1v) is 19.2. The van der Waals surface area contributed by atoms with Crippen LogP contribution in [0.3, 0.4) is 0 Å². The number of ether oxygens (including phenoxy) is 4. The van der Waals surface area contributed by atoms with Gasteiger partial charge < -0.3 is 29.2 Å². The third kappa shape index (κ3) is 9.09. The van der Waals surface area contributed by atoms with Gasteiger partial charge in [-0.3, -0.25) is 9.69 Å². The number of alkyl halides is 3. The van der Waals surface area contributed by atoms with Gasteiger partial charge in [0.15, 0.2) is 23.0 Å². The Bertz CT molecular complexity index is 1910. The Labute approximate surface area is 333 Å². The number of nitrogens with one attached hydrogen (secondary N) is 1. The van der Waals surface area contributed by atoms with E-state index in [4.69, 9.17) is 53.8 Å². The molecule has 2 aliphatic heterocycles. The molecule has 3 aromatic rings. The Morgan fingerprint density at radius 1 is 0.909 bits per heavy atom. The average molecular weight is 825 g/mol. The van der Waals surface area contributed by atoms with Crippen LogP contribution in [0.25, 0.3) is 5.57 Å². The molecule has 2 atom stereocenters. The predicted octanol–water partition coefficient (Wildman–Crippen LogP) is 8.41. The van der Waals surface area contributed by atoms with E-state index < -0.39 is 44.7 Å². The highest BCUT2D eigenvalue weighted by atomic mass is 35.6. The summed E-state index contributed by atoms with van der Waals surface area (Å²) in [5.74, 6) is -3.27. The number of benzene rings is 3. The van der Waals surface area contributed by atoms with Gasteiger partial charge in [-0.1, -0.05) is 59.1 Å². The number of nitrogens with zero attached hydrogens (tertiary/aromatic N) is 2. The van der Waals surface area contributed by atoms with E-state index in [0.29, 0.717) is 55.5 Å². The Hall–Kier alpha value is -3.84. The van der Waals surface area contributed by atoms with Crippen molar-refractivity contribution in [2.45, 2.75) is 80.0 Å². The molecular weight excluding hydrogens is 782 g/mol. The molecule has 2 bridgehead atoms. The quantitative estimate of drug-likeness (QED) is 0.105. The van der Waals surface area contributed by atoms with Gasteiger partial charge in [-0.05, 0) is 92.5 Å². The number of rotatable bonds is 13. The van der Waals surface area contributed by atoms with Crippen LogP contribution in [0.15, 0.2) is 60.2 Å². The van der Waals surface area contributed by atoms with E-state index in [1.807, 2.05) is 41.3 Å². The highest BCUT2D eigenvalue weighted by molar-refractivity contribution is 6.68. The summed E-state index contributed by atoms with van der Waals surface area (Å²) in [5.41, 5.74) is 2.37. The van der Waals surface area contributed by atoms with E-state index in [-0.39, 0.29) is 31.1 Å². The van der Waals surface area contributed by atoms with E-state index in [0.717, 1.165) is 41.2 Å². The molecule has 6 rings (SSSR count). The smallest absolute Gasteiger partial charge is 0.411 e. The molecule has 0 spiro atoms. The normalized spacial score (nSPS) is 18.5. The van der Waals surface area contributed by atoms with Gasteiger partial charge in [0, 0.05) is 37.3 Å². The number of piperazine rings is 1. The number of carbonyl (C=O) groups excluding carboxylic acids is 2. The summed E-state index contributed by atoms with van der Waals surface area (Å²) in [6, 6.07) is 13.7. The minimum Gasteiger partial charge on any atom is -0.497 e. The van der Waals surface area contributed by atoms with Crippen molar-refractivity contribution in [2.75, 3.05) is 33.9 Å². The second kappa shape index (κ2) is 16.7. The SMILES string of the molecule is COc1cc(CN(C(=O)C2=C(c3ccc(CCCOc4c(F)ccc(F)c4F)cc3)CC3CNC[C@H]2N3C(=O)OC(C)(C)C(Cl)(Cl)Cl)C2CC2)cc(OC)c1. The second-order valence-electron chi connectivity index (χ2n) is 14.4. The molecule has 3 aliphatic rings. The number of halogens is 6. The van der Waals surface area contributed by atoms with E-state index in [1.54, 1.807) is 25.2 Å². The number of aryl methyl sites for hydroxylation is 1. The van der Waals surface area contributed by atoms with Crippen molar-refractivity contribution in [3.8, 4) is 17.2 Å². The van der Waals surface area contributed by atoms with Crippen molar-refractivity contribution in [2.24, 2.45) is 0 Å². The van der Waals surface area contributed by atoms with Crippen LogP contribution in [0.1, 0.15) is 56.2 Å². The third-order valence-electron chi connectivity index (χ3n) is 10.2.